The third-order valence-electron chi connectivity index (χ3n) is 4.41. The lowest BCUT2D eigenvalue weighted by molar-refractivity contribution is 0.0952. The minimum atomic E-state index is -0.272. The lowest BCUT2D eigenvalue weighted by Gasteiger charge is -2.21. The van der Waals surface area contributed by atoms with Crippen molar-refractivity contribution in [2.75, 3.05) is 30.4 Å². The van der Waals surface area contributed by atoms with E-state index in [1.54, 1.807) is 13.2 Å². The molecule has 1 aliphatic heterocycles. The van der Waals surface area contributed by atoms with E-state index in [1.165, 1.54) is 0 Å². The van der Waals surface area contributed by atoms with Gasteiger partial charge in [0.05, 0.1) is 0 Å². The highest BCUT2D eigenvalue weighted by Gasteiger charge is 2.27. The zero-order valence-corrected chi connectivity index (χ0v) is 15.0. The molecule has 2 N–H and O–H groups in total. The van der Waals surface area contributed by atoms with E-state index in [0.717, 1.165) is 42.3 Å². The summed E-state index contributed by atoms with van der Waals surface area (Å²) in [6.07, 6.45) is 2.71. The molecule has 0 aliphatic carbocycles. The molecule has 3 heterocycles. The van der Waals surface area contributed by atoms with Crippen molar-refractivity contribution in [3.8, 4) is 0 Å². The second-order valence-corrected chi connectivity index (χ2v) is 6.26. The lowest BCUT2D eigenvalue weighted by Crippen LogP contribution is -2.29. The Kier molecular flexibility index (Phi) is 4.78. The van der Waals surface area contributed by atoms with Crippen molar-refractivity contribution < 1.29 is 4.79 Å². The molecule has 2 aromatic heterocycles. The number of amides is 1. The number of carbonyl (C=O) groups is 1. The molecule has 1 atom stereocenters. The van der Waals surface area contributed by atoms with Gasteiger partial charge in [0.2, 0.25) is 11.8 Å². The normalized spacial score (nSPS) is 16.8. The summed E-state index contributed by atoms with van der Waals surface area (Å²) in [6.45, 7) is 7.47. The van der Waals surface area contributed by atoms with Gasteiger partial charge in [-0.05, 0) is 33.3 Å². The molecular weight excluding hydrogens is 318 g/mol. The molecule has 0 saturated carbocycles. The maximum absolute atomic E-state index is 11.9. The van der Waals surface area contributed by atoms with Gasteiger partial charge in [-0.2, -0.15) is 0 Å². The minimum Gasteiger partial charge on any atom is -0.354 e. The summed E-state index contributed by atoms with van der Waals surface area (Å²) in [5, 5.41) is 5.96. The molecule has 3 rings (SSSR count). The van der Waals surface area contributed by atoms with Crippen molar-refractivity contribution >= 4 is 17.7 Å². The Balaban J connectivity index is 1.77. The van der Waals surface area contributed by atoms with Gasteiger partial charge in [0.15, 0.2) is 0 Å². The van der Waals surface area contributed by atoms with Crippen LogP contribution in [0.5, 0.6) is 0 Å². The standard InChI is InChI=1S/C17H23N7O/c1-10-5-7-19-17(20-10)22-13-6-8-24(9-13)15-11(2)12(3)21-14(23-15)16(25)18-4/h5,7,13H,6,8-9H2,1-4H3,(H,18,25)(H,19,20,22)/t13-/m1/s1. The van der Waals surface area contributed by atoms with Crippen LogP contribution in [0.25, 0.3) is 0 Å². The first-order chi connectivity index (χ1) is 12.0. The minimum absolute atomic E-state index is 0.207. The third kappa shape index (κ3) is 3.67. The first kappa shape index (κ1) is 17.1. The molecule has 1 amide bonds. The monoisotopic (exact) mass is 341 g/mol. The number of aromatic nitrogens is 4. The van der Waals surface area contributed by atoms with Crippen molar-refractivity contribution in [1.82, 2.24) is 25.3 Å². The molecule has 0 spiro atoms. The Labute approximate surface area is 147 Å². The van der Waals surface area contributed by atoms with E-state index in [9.17, 15) is 4.79 Å². The molecule has 1 aliphatic rings. The molecule has 8 heteroatoms. The predicted octanol–water partition coefficient (Wildman–Crippen LogP) is 1.24. The SMILES string of the molecule is CNC(=O)c1nc(C)c(C)c(N2CC[C@@H](Nc3nccc(C)n3)C2)n1. The van der Waals surface area contributed by atoms with E-state index in [-0.39, 0.29) is 17.8 Å². The van der Waals surface area contributed by atoms with Crippen LogP contribution < -0.4 is 15.5 Å². The fourth-order valence-corrected chi connectivity index (χ4v) is 2.91. The second kappa shape index (κ2) is 7.00. The lowest BCUT2D eigenvalue weighted by atomic mass is 10.2. The third-order valence-corrected chi connectivity index (χ3v) is 4.41. The average Bonchev–Trinajstić information content (AvgIpc) is 3.04. The van der Waals surface area contributed by atoms with Crippen LogP contribution in [0.4, 0.5) is 11.8 Å². The van der Waals surface area contributed by atoms with Crippen molar-refractivity contribution in [3.63, 3.8) is 0 Å². The summed E-state index contributed by atoms with van der Waals surface area (Å²) in [5.74, 6) is 1.40. The molecule has 25 heavy (non-hydrogen) atoms. The highest BCUT2D eigenvalue weighted by Crippen LogP contribution is 2.25. The first-order valence-electron chi connectivity index (χ1n) is 8.36. The van der Waals surface area contributed by atoms with E-state index in [2.05, 4.69) is 35.5 Å². The summed E-state index contributed by atoms with van der Waals surface area (Å²) in [6, 6.07) is 2.11. The molecule has 8 nitrogen and oxygen atoms in total. The van der Waals surface area contributed by atoms with E-state index >= 15 is 0 Å². The molecule has 132 valence electrons. The van der Waals surface area contributed by atoms with Crippen LogP contribution in [0.3, 0.4) is 0 Å². The molecule has 0 radical (unpaired) electrons. The van der Waals surface area contributed by atoms with Gasteiger partial charge in [-0.3, -0.25) is 4.79 Å². The van der Waals surface area contributed by atoms with Crippen molar-refractivity contribution in [3.05, 3.63) is 35.0 Å². The van der Waals surface area contributed by atoms with Gasteiger partial charge < -0.3 is 15.5 Å². The zero-order chi connectivity index (χ0) is 18.0. The van der Waals surface area contributed by atoms with Gasteiger partial charge in [-0.15, -0.1) is 0 Å². The number of anilines is 2. The van der Waals surface area contributed by atoms with Crippen molar-refractivity contribution in [1.29, 1.82) is 0 Å². The summed E-state index contributed by atoms with van der Waals surface area (Å²) < 4.78 is 0. The quantitative estimate of drug-likeness (QED) is 0.864. The van der Waals surface area contributed by atoms with Gasteiger partial charge in [0.25, 0.3) is 5.91 Å². The Hall–Kier alpha value is -2.77. The molecule has 2 aromatic rings. The fraction of sp³-hybridized carbons (Fsp3) is 0.471. The first-order valence-corrected chi connectivity index (χ1v) is 8.36. The topological polar surface area (TPSA) is 95.9 Å². The number of hydrogen-bond acceptors (Lipinski definition) is 7. The van der Waals surface area contributed by atoms with E-state index in [4.69, 9.17) is 0 Å². The van der Waals surface area contributed by atoms with Crippen LogP contribution in [-0.2, 0) is 0 Å². The number of hydrogen-bond donors (Lipinski definition) is 2. The number of aryl methyl sites for hydroxylation is 2. The van der Waals surface area contributed by atoms with Gasteiger partial charge >= 0.3 is 0 Å². The average molecular weight is 341 g/mol. The maximum atomic E-state index is 11.9. The largest absolute Gasteiger partial charge is 0.354 e. The van der Waals surface area contributed by atoms with Crippen LogP contribution in [0.15, 0.2) is 12.3 Å². The maximum Gasteiger partial charge on any atom is 0.288 e. The van der Waals surface area contributed by atoms with Gasteiger partial charge in [0.1, 0.15) is 5.82 Å². The number of nitrogens with zero attached hydrogens (tertiary/aromatic N) is 5. The summed E-state index contributed by atoms with van der Waals surface area (Å²) in [5.41, 5.74) is 2.76. The molecule has 1 saturated heterocycles. The van der Waals surface area contributed by atoms with E-state index < -0.39 is 0 Å². The van der Waals surface area contributed by atoms with E-state index in [0.29, 0.717) is 5.95 Å². The molecule has 0 aromatic carbocycles. The number of nitrogens with one attached hydrogen (secondary N) is 2. The van der Waals surface area contributed by atoms with Gasteiger partial charge in [-0.25, -0.2) is 19.9 Å². The van der Waals surface area contributed by atoms with Crippen molar-refractivity contribution in [2.45, 2.75) is 33.2 Å². The Bertz CT molecular complexity index is 793. The second-order valence-electron chi connectivity index (χ2n) is 6.26. The predicted molar refractivity (Wildman–Crippen MR) is 95.9 cm³/mol. The molecular formula is C17H23N7O. The molecule has 0 bridgehead atoms. The summed E-state index contributed by atoms with van der Waals surface area (Å²) in [4.78, 5) is 31.5. The highest BCUT2D eigenvalue weighted by atomic mass is 16.2. The van der Waals surface area contributed by atoms with Crippen molar-refractivity contribution in [2.24, 2.45) is 0 Å². The Morgan fingerprint density at radius 2 is 2.04 bits per heavy atom. The summed E-state index contributed by atoms with van der Waals surface area (Å²) in [7, 11) is 1.58. The smallest absolute Gasteiger partial charge is 0.288 e. The Morgan fingerprint density at radius 3 is 2.76 bits per heavy atom. The fourth-order valence-electron chi connectivity index (χ4n) is 2.91. The Morgan fingerprint density at radius 1 is 1.24 bits per heavy atom. The van der Waals surface area contributed by atoms with Gasteiger partial charge in [0, 0.05) is 49.3 Å². The van der Waals surface area contributed by atoms with Crippen LogP contribution in [0.1, 0.15) is 34.0 Å². The summed E-state index contributed by atoms with van der Waals surface area (Å²) >= 11 is 0. The van der Waals surface area contributed by atoms with Crippen LogP contribution >= 0.6 is 0 Å². The van der Waals surface area contributed by atoms with Gasteiger partial charge in [-0.1, -0.05) is 0 Å². The molecule has 1 fully saturated rings. The van der Waals surface area contributed by atoms with Crippen LogP contribution in [-0.4, -0.2) is 52.0 Å². The molecule has 0 unspecified atom stereocenters. The van der Waals surface area contributed by atoms with Crippen LogP contribution in [0, 0.1) is 20.8 Å². The van der Waals surface area contributed by atoms with Crippen LogP contribution in [0.2, 0.25) is 0 Å². The zero-order valence-electron chi connectivity index (χ0n) is 15.0. The number of carbonyl (C=O) groups excluding carboxylic acids is 1. The highest BCUT2D eigenvalue weighted by molar-refractivity contribution is 5.90. The number of rotatable bonds is 4. The van der Waals surface area contributed by atoms with E-state index in [1.807, 2.05) is 26.8 Å².